The number of benzene rings is 1. The summed E-state index contributed by atoms with van der Waals surface area (Å²) in [4.78, 5) is 14.9. The van der Waals surface area contributed by atoms with Crippen LogP contribution >= 0.6 is 0 Å². The second-order valence-electron chi connectivity index (χ2n) is 6.09. The zero-order valence-corrected chi connectivity index (χ0v) is 14.3. The average molecular weight is 329 g/mol. The summed E-state index contributed by atoms with van der Waals surface area (Å²) in [7, 11) is 3.20. The van der Waals surface area contributed by atoms with Crippen molar-refractivity contribution in [3.63, 3.8) is 0 Å². The summed E-state index contributed by atoms with van der Waals surface area (Å²) in [6.45, 7) is 2.02. The number of carbonyl (C=O) groups excluding carboxylic acids is 1. The molecule has 1 aliphatic carbocycles. The molecule has 0 radical (unpaired) electrons. The molecule has 0 bridgehead atoms. The number of carbonyl (C=O) groups is 1. The third-order valence-electron chi connectivity index (χ3n) is 4.40. The number of furan rings is 1. The van der Waals surface area contributed by atoms with E-state index in [2.05, 4.69) is 0 Å². The van der Waals surface area contributed by atoms with Crippen LogP contribution in [0.1, 0.15) is 37.1 Å². The summed E-state index contributed by atoms with van der Waals surface area (Å²) in [6, 6.07) is 9.64. The minimum absolute atomic E-state index is 0.0554. The Bertz CT molecular complexity index is 691. The van der Waals surface area contributed by atoms with Gasteiger partial charge in [-0.3, -0.25) is 4.79 Å². The second kappa shape index (κ2) is 6.99. The first-order valence-corrected chi connectivity index (χ1v) is 8.19. The van der Waals surface area contributed by atoms with E-state index >= 15 is 0 Å². The maximum atomic E-state index is 12.9. The highest BCUT2D eigenvalue weighted by atomic mass is 16.5. The molecule has 1 aromatic heterocycles. The van der Waals surface area contributed by atoms with Crippen LogP contribution in [0.2, 0.25) is 0 Å². The lowest BCUT2D eigenvalue weighted by atomic mass is 10.1. The van der Waals surface area contributed by atoms with E-state index in [0.717, 1.165) is 24.2 Å². The lowest BCUT2D eigenvalue weighted by molar-refractivity contribution is -0.133. The van der Waals surface area contributed by atoms with E-state index in [9.17, 15) is 4.79 Å². The van der Waals surface area contributed by atoms with Gasteiger partial charge >= 0.3 is 0 Å². The van der Waals surface area contributed by atoms with E-state index in [1.165, 1.54) is 0 Å². The summed E-state index contributed by atoms with van der Waals surface area (Å²) in [6.07, 6.45) is 4.10. The fraction of sp³-hybridized carbons (Fsp3) is 0.421. The van der Waals surface area contributed by atoms with Crippen molar-refractivity contribution in [1.29, 1.82) is 0 Å². The van der Waals surface area contributed by atoms with Crippen LogP contribution in [-0.2, 0) is 11.2 Å². The second-order valence-corrected chi connectivity index (χ2v) is 6.09. The van der Waals surface area contributed by atoms with Gasteiger partial charge in [0.1, 0.15) is 5.76 Å². The maximum absolute atomic E-state index is 12.9. The molecule has 0 aliphatic heterocycles. The van der Waals surface area contributed by atoms with Gasteiger partial charge in [-0.25, -0.2) is 0 Å². The minimum Gasteiger partial charge on any atom is -0.493 e. The van der Waals surface area contributed by atoms with Crippen molar-refractivity contribution in [3.05, 3.63) is 47.9 Å². The fourth-order valence-electron chi connectivity index (χ4n) is 3.01. The first kappa shape index (κ1) is 16.4. The highest BCUT2D eigenvalue weighted by molar-refractivity contribution is 5.80. The highest BCUT2D eigenvalue weighted by Gasteiger charge is 2.37. The Kier molecular flexibility index (Phi) is 4.79. The molecule has 1 heterocycles. The van der Waals surface area contributed by atoms with Crippen LogP contribution in [0, 0.1) is 0 Å². The van der Waals surface area contributed by atoms with Gasteiger partial charge in [0.05, 0.1) is 32.9 Å². The average Bonchev–Trinajstić information content (AvgIpc) is 3.26. The smallest absolute Gasteiger partial charge is 0.227 e. The zero-order chi connectivity index (χ0) is 17.1. The number of methoxy groups -OCH3 is 2. The van der Waals surface area contributed by atoms with Gasteiger partial charge in [0.25, 0.3) is 0 Å². The first-order valence-electron chi connectivity index (χ1n) is 8.19. The minimum atomic E-state index is -0.0554. The number of amides is 1. The number of nitrogens with zero attached hydrogens (tertiary/aromatic N) is 1. The predicted molar refractivity (Wildman–Crippen MR) is 90.2 cm³/mol. The molecule has 1 fully saturated rings. The van der Waals surface area contributed by atoms with Gasteiger partial charge in [-0.2, -0.15) is 0 Å². The Balaban J connectivity index is 1.77. The van der Waals surface area contributed by atoms with Crippen LogP contribution in [-0.4, -0.2) is 31.1 Å². The molecule has 0 spiro atoms. The molecule has 1 saturated carbocycles. The molecule has 1 amide bonds. The third kappa shape index (κ3) is 3.40. The van der Waals surface area contributed by atoms with Crippen LogP contribution in [0.3, 0.4) is 0 Å². The molecule has 24 heavy (non-hydrogen) atoms. The predicted octanol–water partition coefficient (Wildman–Crippen LogP) is 3.59. The topological polar surface area (TPSA) is 51.9 Å². The van der Waals surface area contributed by atoms with Crippen molar-refractivity contribution in [1.82, 2.24) is 4.90 Å². The third-order valence-corrected chi connectivity index (χ3v) is 4.40. The molecule has 0 saturated heterocycles. The Hall–Kier alpha value is -2.43. The fourth-order valence-corrected chi connectivity index (χ4v) is 3.01. The summed E-state index contributed by atoms with van der Waals surface area (Å²) < 4.78 is 16.1. The van der Waals surface area contributed by atoms with Crippen LogP contribution in [0.5, 0.6) is 11.5 Å². The summed E-state index contributed by atoms with van der Waals surface area (Å²) >= 11 is 0. The van der Waals surface area contributed by atoms with Crippen molar-refractivity contribution in [2.24, 2.45) is 0 Å². The normalized spacial score (nSPS) is 15.0. The lowest BCUT2D eigenvalue weighted by Crippen LogP contribution is -2.36. The van der Waals surface area contributed by atoms with E-state index in [1.807, 2.05) is 42.2 Å². The number of hydrogen-bond acceptors (Lipinski definition) is 4. The van der Waals surface area contributed by atoms with Crippen molar-refractivity contribution in [2.45, 2.75) is 38.3 Å². The van der Waals surface area contributed by atoms with Crippen molar-refractivity contribution >= 4 is 5.91 Å². The molecule has 1 aliphatic rings. The molecule has 1 unspecified atom stereocenters. The first-order chi connectivity index (χ1) is 11.6. The maximum Gasteiger partial charge on any atom is 0.227 e. The Morgan fingerprint density at radius 2 is 2.00 bits per heavy atom. The van der Waals surface area contributed by atoms with Gasteiger partial charge < -0.3 is 18.8 Å². The van der Waals surface area contributed by atoms with Gasteiger partial charge in [0, 0.05) is 6.04 Å². The van der Waals surface area contributed by atoms with Crippen molar-refractivity contribution < 1.29 is 18.7 Å². The van der Waals surface area contributed by atoms with Crippen LogP contribution in [0.15, 0.2) is 41.0 Å². The Morgan fingerprint density at radius 1 is 1.25 bits per heavy atom. The largest absolute Gasteiger partial charge is 0.493 e. The molecule has 5 heteroatoms. The highest BCUT2D eigenvalue weighted by Crippen LogP contribution is 2.35. The molecule has 1 aromatic carbocycles. The van der Waals surface area contributed by atoms with E-state index < -0.39 is 0 Å². The summed E-state index contributed by atoms with van der Waals surface area (Å²) in [5.41, 5.74) is 0.912. The van der Waals surface area contributed by atoms with Crippen LogP contribution < -0.4 is 9.47 Å². The number of ether oxygens (including phenoxy) is 2. The quantitative estimate of drug-likeness (QED) is 0.779. The van der Waals surface area contributed by atoms with E-state index in [1.54, 1.807) is 20.5 Å². The Morgan fingerprint density at radius 3 is 2.58 bits per heavy atom. The van der Waals surface area contributed by atoms with Gasteiger partial charge in [-0.1, -0.05) is 6.07 Å². The SMILES string of the molecule is COc1ccc(CC(=O)N(C2CC2)C(C)c2ccco2)cc1OC. The van der Waals surface area contributed by atoms with E-state index in [-0.39, 0.29) is 11.9 Å². The van der Waals surface area contributed by atoms with Gasteiger partial charge in [-0.05, 0) is 49.6 Å². The van der Waals surface area contributed by atoms with Crippen molar-refractivity contribution in [3.8, 4) is 11.5 Å². The summed E-state index contributed by atoms with van der Waals surface area (Å²) in [5.74, 6) is 2.23. The van der Waals surface area contributed by atoms with E-state index in [0.29, 0.717) is 24.0 Å². The van der Waals surface area contributed by atoms with Crippen molar-refractivity contribution in [2.75, 3.05) is 14.2 Å². The molecule has 2 aromatic rings. The molecule has 1 atom stereocenters. The molecular weight excluding hydrogens is 306 g/mol. The number of rotatable bonds is 7. The standard InChI is InChI=1S/C19H23NO4/c1-13(16-5-4-10-24-16)20(15-7-8-15)19(21)12-14-6-9-17(22-2)18(11-14)23-3/h4-6,9-11,13,15H,7-8,12H2,1-3H3. The monoisotopic (exact) mass is 329 g/mol. The molecule has 5 nitrogen and oxygen atoms in total. The van der Waals surface area contributed by atoms with Gasteiger partial charge in [0.15, 0.2) is 11.5 Å². The van der Waals surface area contributed by atoms with Crippen LogP contribution in [0.25, 0.3) is 0 Å². The summed E-state index contributed by atoms with van der Waals surface area (Å²) in [5, 5.41) is 0. The van der Waals surface area contributed by atoms with E-state index in [4.69, 9.17) is 13.9 Å². The van der Waals surface area contributed by atoms with Gasteiger partial charge in [-0.15, -0.1) is 0 Å². The zero-order valence-electron chi connectivity index (χ0n) is 14.3. The number of hydrogen-bond donors (Lipinski definition) is 0. The Labute approximate surface area is 142 Å². The van der Waals surface area contributed by atoms with Gasteiger partial charge in [0.2, 0.25) is 5.91 Å². The molecular formula is C19H23NO4. The molecule has 0 N–H and O–H groups in total. The lowest BCUT2D eigenvalue weighted by Gasteiger charge is -2.28. The molecule has 128 valence electrons. The van der Waals surface area contributed by atoms with Crippen LogP contribution in [0.4, 0.5) is 0 Å². The molecule has 3 rings (SSSR count).